The predicted molar refractivity (Wildman–Crippen MR) is 102 cm³/mol. The molecule has 0 aliphatic carbocycles. The van der Waals surface area contributed by atoms with Crippen LogP contribution in [0.25, 0.3) is 0 Å². The maximum Gasteiger partial charge on any atom is 0.321 e. The number of carbonyl (C=O) groups is 1. The monoisotopic (exact) mass is 390 g/mol. The second kappa shape index (κ2) is 7.87. The molecule has 1 heterocycles. The number of methoxy groups -OCH3 is 1. The van der Waals surface area contributed by atoms with Crippen LogP contribution < -0.4 is 14.8 Å². The molecule has 0 spiro atoms. The van der Waals surface area contributed by atoms with Crippen LogP contribution in [0.4, 0.5) is 10.5 Å². The zero-order valence-corrected chi connectivity index (χ0v) is 16.0. The van der Waals surface area contributed by atoms with Crippen molar-refractivity contribution in [2.75, 3.05) is 32.1 Å². The van der Waals surface area contributed by atoms with E-state index in [0.717, 1.165) is 5.75 Å². The molecule has 8 heteroatoms. The smallest absolute Gasteiger partial charge is 0.321 e. The van der Waals surface area contributed by atoms with Crippen LogP contribution in [0.2, 0.25) is 0 Å². The largest absolute Gasteiger partial charge is 0.497 e. The first-order chi connectivity index (χ1) is 12.9. The van der Waals surface area contributed by atoms with E-state index in [2.05, 4.69) is 5.32 Å². The molecule has 0 radical (unpaired) electrons. The van der Waals surface area contributed by atoms with Crippen LogP contribution in [-0.2, 0) is 9.84 Å². The summed E-state index contributed by atoms with van der Waals surface area (Å²) in [5, 5.41) is 2.16. The Labute approximate surface area is 158 Å². The van der Waals surface area contributed by atoms with Gasteiger partial charge in [0.1, 0.15) is 16.7 Å². The van der Waals surface area contributed by atoms with E-state index in [1.54, 1.807) is 36.4 Å². The maximum atomic E-state index is 12.6. The summed E-state index contributed by atoms with van der Waals surface area (Å²) in [5.74, 6) is 1.32. The number of anilines is 1. The summed E-state index contributed by atoms with van der Waals surface area (Å²) >= 11 is 0. The quantitative estimate of drug-likeness (QED) is 0.820. The third kappa shape index (κ3) is 4.16. The van der Waals surface area contributed by atoms with Gasteiger partial charge < -0.3 is 19.7 Å². The van der Waals surface area contributed by atoms with E-state index in [9.17, 15) is 13.2 Å². The van der Waals surface area contributed by atoms with Gasteiger partial charge >= 0.3 is 6.03 Å². The highest BCUT2D eigenvalue weighted by molar-refractivity contribution is 7.92. The summed E-state index contributed by atoms with van der Waals surface area (Å²) < 4.78 is 35.7. The number of likely N-dealkylation sites (tertiary alicyclic amines) is 1. The second-order valence-electron chi connectivity index (χ2n) is 6.14. The van der Waals surface area contributed by atoms with Crippen molar-refractivity contribution in [2.24, 2.45) is 0 Å². The van der Waals surface area contributed by atoms with Crippen LogP contribution in [0.15, 0.2) is 53.4 Å². The van der Waals surface area contributed by atoms with Crippen LogP contribution in [0.3, 0.4) is 0 Å². The normalized spacial score (nSPS) is 14.4. The van der Waals surface area contributed by atoms with E-state index >= 15 is 0 Å². The fourth-order valence-corrected chi connectivity index (χ4v) is 4.41. The number of amides is 2. The van der Waals surface area contributed by atoms with Crippen molar-refractivity contribution in [1.82, 2.24) is 4.90 Å². The SMILES string of the molecule is CCOc1ccc(NC(=O)N2CC(S(=O)(=O)c3ccc(OC)cc3)C2)cc1. The molecule has 2 amide bonds. The topological polar surface area (TPSA) is 84.9 Å². The minimum atomic E-state index is -3.47. The molecule has 1 saturated heterocycles. The standard InChI is InChI=1S/C19H22N2O5S/c1-3-26-16-6-4-14(5-7-16)20-19(22)21-12-18(13-21)27(23,24)17-10-8-15(25-2)9-11-17/h4-11,18H,3,12-13H2,1-2H3,(H,20,22). The van der Waals surface area contributed by atoms with E-state index in [4.69, 9.17) is 9.47 Å². The Bertz CT molecular complexity index is 889. The van der Waals surface area contributed by atoms with Crippen molar-refractivity contribution in [2.45, 2.75) is 17.1 Å². The average molecular weight is 390 g/mol. The number of sulfone groups is 1. The molecule has 0 unspecified atom stereocenters. The van der Waals surface area contributed by atoms with Crippen molar-refractivity contribution < 1.29 is 22.7 Å². The number of nitrogens with zero attached hydrogens (tertiary/aromatic N) is 1. The number of hydrogen-bond donors (Lipinski definition) is 1. The predicted octanol–water partition coefficient (Wildman–Crippen LogP) is 2.78. The summed E-state index contributed by atoms with van der Waals surface area (Å²) in [6.07, 6.45) is 0. The molecule has 0 aromatic heterocycles. The average Bonchev–Trinajstić information content (AvgIpc) is 2.62. The summed E-state index contributed by atoms with van der Waals surface area (Å²) in [7, 11) is -1.95. The molecule has 1 aliphatic rings. The van der Waals surface area contributed by atoms with Gasteiger partial charge in [0.25, 0.3) is 0 Å². The van der Waals surface area contributed by atoms with Gasteiger partial charge in [-0.1, -0.05) is 0 Å². The molecule has 0 bridgehead atoms. The molecule has 2 aromatic carbocycles. The van der Waals surface area contributed by atoms with Gasteiger partial charge in [-0.2, -0.15) is 0 Å². The lowest BCUT2D eigenvalue weighted by molar-refractivity contribution is 0.182. The van der Waals surface area contributed by atoms with Crippen molar-refractivity contribution in [3.05, 3.63) is 48.5 Å². The van der Waals surface area contributed by atoms with Gasteiger partial charge in [-0.3, -0.25) is 0 Å². The molecule has 144 valence electrons. The summed E-state index contributed by atoms with van der Waals surface area (Å²) in [6, 6.07) is 13.0. The fourth-order valence-electron chi connectivity index (χ4n) is 2.76. The number of carbonyl (C=O) groups excluding carboxylic acids is 1. The number of ether oxygens (including phenoxy) is 2. The van der Waals surface area contributed by atoms with E-state index < -0.39 is 15.1 Å². The highest BCUT2D eigenvalue weighted by Crippen LogP contribution is 2.26. The molecule has 2 aromatic rings. The van der Waals surface area contributed by atoms with Gasteiger partial charge in [-0.15, -0.1) is 0 Å². The van der Waals surface area contributed by atoms with E-state index in [-0.39, 0.29) is 24.0 Å². The molecular formula is C19H22N2O5S. The van der Waals surface area contributed by atoms with E-state index in [0.29, 0.717) is 18.0 Å². The molecule has 7 nitrogen and oxygen atoms in total. The highest BCUT2D eigenvalue weighted by Gasteiger charge is 2.40. The first-order valence-electron chi connectivity index (χ1n) is 8.60. The van der Waals surface area contributed by atoms with Gasteiger partial charge in [-0.05, 0) is 55.5 Å². The number of benzene rings is 2. The van der Waals surface area contributed by atoms with Crippen molar-refractivity contribution in [3.63, 3.8) is 0 Å². The Balaban J connectivity index is 1.56. The Morgan fingerprint density at radius 2 is 1.67 bits per heavy atom. The maximum absolute atomic E-state index is 12.6. The van der Waals surface area contributed by atoms with Crippen LogP contribution in [0, 0.1) is 0 Å². The van der Waals surface area contributed by atoms with E-state index in [1.807, 2.05) is 6.92 Å². The Morgan fingerprint density at radius 3 is 2.22 bits per heavy atom. The summed E-state index contributed by atoms with van der Waals surface area (Å²) in [5.41, 5.74) is 0.630. The van der Waals surface area contributed by atoms with Crippen LogP contribution in [0.1, 0.15) is 6.92 Å². The van der Waals surface area contributed by atoms with Gasteiger partial charge in [0.15, 0.2) is 9.84 Å². The molecule has 1 aliphatic heterocycles. The molecule has 27 heavy (non-hydrogen) atoms. The lowest BCUT2D eigenvalue weighted by atomic mass is 10.2. The number of hydrogen-bond acceptors (Lipinski definition) is 5. The molecule has 3 rings (SSSR count). The minimum absolute atomic E-state index is 0.164. The zero-order valence-electron chi connectivity index (χ0n) is 15.2. The van der Waals surface area contributed by atoms with Gasteiger partial charge in [-0.25, -0.2) is 13.2 Å². The Hall–Kier alpha value is -2.74. The van der Waals surface area contributed by atoms with Gasteiger partial charge in [0.05, 0.1) is 18.6 Å². The second-order valence-corrected chi connectivity index (χ2v) is 8.36. The van der Waals surface area contributed by atoms with Gasteiger partial charge in [0.2, 0.25) is 0 Å². The zero-order chi connectivity index (χ0) is 19.4. The first kappa shape index (κ1) is 19.0. The van der Waals surface area contributed by atoms with Crippen LogP contribution >= 0.6 is 0 Å². The first-order valence-corrected chi connectivity index (χ1v) is 10.2. The molecule has 0 atom stereocenters. The highest BCUT2D eigenvalue weighted by atomic mass is 32.2. The van der Waals surface area contributed by atoms with Crippen LogP contribution in [0.5, 0.6) is 11.5 Å². The number of urea groups is 1. The molecule has 0 saturated carbocycles. The fraction of sp³-hybridized carbons (Fsp3) is 0.316. The molecule has 1 N–H and O–H groups in total. The summed E-state index contributed by atoms with van der Waals surface area (Å²) in [6.45, 7) is 2.80. The third-order valence-electron chi connectivity index (χ3n) is 4.38. The lowest BCUT2D eigenvalue weighted by Crippen LogP contribution is -2.58. The van der Waals surface area contributed by atoms with Crippen molar-refractivity contribution in [1.29, 1.82) is 0 Å². The van der Waals surface area contributed by atoms with Gasteiger partial charge in [0, 0.05) is 18.8 Å². The molecule has 1 fully saturated rings. The summed E-state index contributed by atoms with van der Waals surface area (Å²) in [4.78, 5) is 14.0. The van der Waals surface area contributed by atoms with Crippen LogP contribution in [-0.4, -0.2) is 51.4 Å². The lowest BCUT2D eigenvalue weighted by Gasteiger charge is -2.38. The number of nitrogens with one attached hydrogen (secondary N) is 1. The number of rotatable bonds is 6. The minimum Gasteiger partial charge on any atom is -0.497 e. The van der Waals surface area contributed by atoms with Crippen molar-refractivity contribution in [3.8, 4) is 11.5 Å². The molecular weight excluding hydrogens is 368 g/mol. The Morgan fingerprint density at radius 1 is 1.07 bits per heavy atom. The Kier molecular flexibility index (Phi) is 5.55. The van der Waals surface area contributed by atoms with Crippen molar-refractivity contribution >= 4 is 21.6 Å². The third-order valence-corrected chi connectivity index (χ3v) is 6.48. The van der Waals surface area contributed by atoms with E-state index in [1.165, 1.54) is 24.1 Å².